The van der Waals surface area contributed by atoms with Crippen molar-refractivity contribution in [2.24, 2.45) is 5.41 Å². The average Bonchev–Trinajstić information content (AvgIpc) is 2.63. The molecule has 1 saturated heterocycles. The summed E-state index contributed by atoms with van der Waals surface area (Å²) < 4.78 is 0. The van der Waals surface area contributed by atoms with E-state index in [2.05, 4.69) is 55.3 Å². The predicted octanol–water partition coefficient (Wildman–Crippen LogP) is 4.18. The Morgan fingerprint density at radius 1 is 1.25 bits per heavy atom. The van der Waals surface area contributed by atoms with Gasteiger partial charge in [0.15, 0.2) is 0 Å². The van der Waals surface area contributed by atoms with E-state index < -0.39 is 6.10 Å². The number of carbonyl (C=O) groups is 1. The largest absolute Gasteiger partial charge is 0.393 e. The molecule has 1 aliphatic carbocycles. The first-order valence-electron chi connectivity index (χ1n) is 11.0. The second-order valence-electron chi connectivity index (χ2n) is 10.2. The number of hydrogen-bond acceptors (Lipinski definition) is 3. The van der Waals surface area contributed by atoms with E-state index in [0.29, 0.717) is 5.41 Å². The Kier molecular flexibility index (Phi) is 6.51. The highest BCUT2D eigenvalue weighted by atomic mass is 16.3. The summed E-state index contributed by atoms with van der Waals surface area (Å²) in [6.07, 6.45) is 5.37. The molecule has 4 heteroatoms. The van der Waals surface area contributed by atoms with Crippen LogP contribution in [-0.2, 0) is 10.2 Å². The number of piperidine rings is 1. The molecule has 1 spiro atoms. The lowest BCUT2D eigenvalue weighted by molar-refractivity contribution is -0.123. The van der Waals surface area contributed by atoms with E-state index >= 15 is 0 Å². The standard InChI is InChI=1S/C24H38N2O2/c1-18(27)17-22(28)25-21-9-10-24(20-8-6-5-7-19(20)21)12-15-26(16-13-24)14-11-23(2,3)4/h5-8,18,21,27H,9-17H2,1-4H3,(H,25,28)/t18-,21-/m0/s1. The van der Waals surface area contributed by atoms with E-state index in [9.17, 15) is 9.90 Å². The average molecular weight is 387 g/mol. The smallest absolute Gasteiger partial charge is 0.223 e. The van der Waals surface area contributed by atoms with Crippen LogP contribution in [-0.4, -0.2) is 41.7 Å². The molecule has 0 saturated carbocycles. The van der Waals surface area contributed by atoms with Crippen LogP contribution < -0.4 is 5.32 Å². The minimum absolute atomic E-state index is 0.0530. The van der Waals surface area contributed by atoms with Crippen molar-refractivity contribution < 1.29 is 9.90 Å². The maximum absolute atomic E-state index is 12.2. The van der Waals surface area contributed by atoms with Gasteiger partial charge in [0.2, 0.25) is 5.91 Å². The zero-order chi connectivity index (χ0) is 20.4. The molecule has 0 aromatic heterocycles. The number of carbonyl (C=O) groups excluding carboxylic acids is 1. The van der Waals surface area contributed by atoms with Gasteiger partial charge in [0.25, 0.3) is 0 Å². The summed E-state index contributed by atoms with van der Waals surface area (Å²) in [4.78, 5) is 14.9. The molecule has 3 rings (SSSR count). The predicted molar refractivity (Wildman–Crippen MR) is 114 cm³/mol. The summed E-state index contributed by atoms with van der Waals surface area (Å²) in [6.45, 7) is 12.2. The van der Waals surface area contributed by atoms with Gasteiger partial charge in [0.1, 0.15) is 0 Å². The molecule has 1 aliphatic heterocycles. The SMILES string of the molecule is C[C@H](O)CC(=O)N[C@H]1CCC2(CCN(CCC(C)(C)C)CC2)c2ccccc21. The summed E-state index contributed by atoms with van der Waals surface area (Å²) >= 11 is 0. The summed E-state index contributed by atoms with van der Waals surface area (Å²) in [6, 6.07) is 8.78. The molecule has 28 heavy (non-hydrogen) atoms. The third kappa shape index (κ3) is 5.15. The number of nitrogens with one attached hydrogen (secondary N) is 1. The normalized spacial score (nSPS) is 23.2. The maximum Gasteiger partial charge on any atom is 0.223 e. The second kappa shape index (κ2) is 8.54. The maximum atomic E-state index is 12.2. The summed E-state index contributed by atoms with van der Waals surface area (Å²) in [7, 11) is 0. The Bertz CT molecular complexity index is 669. The van der Waals surface area contributed by atoms with Crippen molar-refractivity contribution in [2.75, 3.05) is 19.6 Å². The van der Waals surface area contributed by atoms with E-state index in [1.165, 1.54) is 50.0 Å². The number of likely N-dealkylation sites (tertiary alicyclic amines) is 1. The Hall–Kier alpha value is -1.39. The molecule has 2 N–H and O–H groups in total. The van der Waals surface area contributed by atoms with Crippen LogP contribution in [0.2, 0.25) is 0 Å². The monoisotopic (exact) mass is 386 g/mol. The minimum Gasteiger partial charge on any atom is -0.393 e. The number of hydrogen-bond donors (Lipinski definition) is 2. The van der Waals surface area contributed by atoms with E-state index in [0.717, 1.165) is 12.8 Å². The van der Waals surface area contributed by atoms with Crippen LogP contribution in [0.15, 0.2) is 24.3 Å². The lowest BCUT2D eigenvalue weighted by Gasteiger charge is -2.47. The van der Waals surface area contributed by atoms with Crippen molar-refractivity contribution in [2.45, 2.75) is 83.8 Å². The highest BCUT2D eigenvalue weighted by Crippen LogP contribution is 2.48. The Morgan fingerprint density at radius 2 is 1.93 bits per heavy atom. The number of rotatable bonds is 5. The molecular formula is C24H38N2O2. The lowest BCUT2D eigenvalue weighted by Crippen LogP contribution is -2.46. The molecule has 1 amide bonds. The van der Waals surface area contributed by atoms with Crippen molar-refractivity contribution in [3.05, 3.63) is 35.4 Å². The van der Waals surface area contributed by atoms with Crippen molar-refractivity contribution >= 4 is 5.91 Å². The van der Waals surface area contributed by atoms with Crippen LogP contribution in [0, 0.1) is 5.41 Å². The number of aliphatic hydroxyl groups excluding tert-OH is 1. The molecule has 0 unspecified atom stereocenters. The fourth-order valence-electron chi connectivity index (χ4n) is 4.88. The van der Waals surface area contributed by atoms with Gasteiger partial charge in [-0.05, 0) is 80.6 Å². The summed E-state index contributed by atoms with van der Waals surface area (Å²) in [5.74, 6) is -0.0530. The van der Waals surface area contributed by atoms with Crippen molar-refractivity contribution in [1.82, 2.24) is 10.2 Å². The fraction of sp³-hybridized carbons (Fsp3) is 0.708. The number of fused-ring (bicyclic) bond motifs is 2. The molecule has 156 valence electrons. The van der Waals surface area contributed by atoms with E-state index in [1.54, 1.807) is 6.92 Å². The molecular weight excluding hydrogens is 348 g/mol. The molecule has 0 bridgehead atoms. The van der Waals surface area contributed by atoms with Crippen molar-refractivity contribution in [3.8, 4) is 0 Å². The van der Waals surface area contributed by atoms with Gasteiger partial charge in [0, 0.05) is 0 Å². The van der Waals surface area contributed by atoms with Crippen molar-refractivity contribution in [3.63, 3.8) is 0 Å². The van der Waals surface area contributed by atoms with Crippen LogP contribution in [0.1, 0.15) is 83.4 Å². The molecule has 1 aromatic rings. The van der Waals surface area contributed by atoms with E-state index in [1.807, 2.05) is 0 Å². The lowest BCUT2D eigenvalue weighted by atomic mass is 9.63. The first kappa shape index (κ1) is 21.3. The quantitative estimate of drug-likeness (QED) is 0.798. The fourth-order valence-corrected chi connectivity index (χ4v) is 4.88. The number of aliphatic hydroxyl groups is 1. The van der Waals surface area contributed by atoms with Gasteiger partial charge in [-0.15, -0.1) is 0 Å². The van der Waals surface area contributed by atoms with Gasteiger partial charge in [-0.1, -0.05) is 45.0 Å². The number of amides is 1. The van der Waals surface area contributed by atoms with E-state index in [-0.39, 0.29) is 23.8 Å². The first-order chi connectivity index (χ1) is 13.2. The first-order valence-corrected chi connectivity index (χ1v) is 11.0. The Labute approximate surface area is 170 Å². The van der Waals surface area contributed by atoms with Gasteiger partial charge >= 0.3 is 0 Å². The minimum atomic E-state index is -0.595. The summed E-state index contributed by atoms with van der Waals surface area (Å²) in [5, 5.41) is 12.7. The highest BCUT2D eigenvalue weighted by Gasteiger charge is 2.42. The third-order valence-electron chi connectivity index (χ3n) is 6.63. The number of nitrogens with zero attached hydrogens (tertiary/aromatic N) is 1. The molecule has 1 fully saturated rings. The molecule has 1 heterocycles. The Balaban J connectivity index is 1.69. The van der Waals surface area contributed by atoms with Gasteiger partial charge in [0.05, 0.1) is 18.6 Å². The molecule has 2 aliphatic rings. The van der Waals surface area contributed by atoms with Crippen molar-refractivity contribution in [1.29, 1.82) is 0 Å². The van der Waals surface area contributed by atoms with Gasteiger partial charge in [-0.25, -0.2) is 0 Å². The van der Waals surface area contributed by atoms with Gasteiger partial charge in [-0.3, -0.25) is 4.79 Å². The molecule has 1 aromatic carbocycles. The van der Waals surface area contributed by atoms with Gasteiger partial charge < -0.3 is 15.3 Å². The number of benzene rings is 1. The summed E-state index contributed by atoms with van der Waals surface area (Å²) in [5.41, 5.74) is 3.39. The molecule has 4 nitrogen and oxygen atoms in total. The zero-order valence-corrected chi connectivity index (χ0v) is 18.1. The van der Waals surface area contributed by atoms with Crippen LogP contribution in [0.25, 0.3) is 0 Å². The topological polar surface area (TPSA) is 52.6 Å². The van der Waals surface area contributed by atoms with E-state index in [4.69, 9.17) is 0 Å². The van der Waals surface area contributed by atoms with Crippen LogP contribution in [0.5, 0.6) is 0 Å². The third-order valence-corrected chi connectivity index (χ3v) is 6.63. The van der Waals surface area contributed by atoms with Crippen LogP contribution in [0.3, 0.4) is 0 Å². The Morgan fingerprint density at radius 3 is 2.57 bits per heavy atom. The second-order valence-corrected chi connectivity index (χ2v) is 10.2. The van der Waals surface area contributed by atoms with Gasteiger partial charge in [-0.2, -0.15) is 0 Å². The highest BCUT2D eigenvalue weighted by molar-refractivity contribution is 5.77. The zero-order valence-electron chi connectivity index (χ0n) is 18.1. The van der Waals surface area contributed by atoms with Crippen LogP contribution >= 0.6 is 0 Å². The van der Waals surface area contributed by atoms with Crippen LogP contribution in [0.4, 0.5) is 0 Å². The molecule has 2 atom stereocenters. The molecule has 0 radical (unpaired) electrons.